The molecule has 4 nitrogen and oxygen atoms in total. The summed E-state index contributed by atoms with van der Waals surface area (Å²) in [6.07, 6.45) is 3.48. The molecule has 5 heteroatoms. The molecule has 0 saturated heterocycles. The van der Waals surface area contributed by atoms with Crippen molar-refractivity contribution >= 4 is 17.0 Å². The van der Waals surface area contributed by atoms with E-state index in [1.165, 1.54) is 0 Å². The van der Waals surface area contributed by atoms with Gasteiger partial charge in [0.15, 0.2) is 0 Å². The van der Waals surface area contributed by atoms with Crippen molar-refractivity contribution in [2.24, 2.45) is 0 Å². The highest BCUT2D eigenvalue weighted by Crippen LogP contribution is 2.04. The quantitative estimate of drug-likeness (QED) is 0.817. The lowest BCUT2D eigenvalue weighted by Gasteiger charge is -2.02. The molecule has 2 aromatic rings. The van der Waals surface area contributed by atoms with Crippen molar-refractivity contribution in [3.05, 3.63) is 40.6 Å². The van der Waals surface area contributed by atoms with Crippen molar-refractivity contribution in [2.45, 2.75) is 13.1 Å². The minimum absolute atomic E-state index is 0.693. The smallest absolute Gasteiger partial charge is 0.106 e. The second-order valence-corrected chi connectivity index (χ2v) is 4.09. The second-order valence-electron chi connectivity index (χ2n) is 3.11. The normalized spacial score (nSPS) is 10.4. The predicted octanol–water partition coefficient (Wildman–Crippen LogP) is 1.41. The van der Waals surface area contributed by atoms with Crippen molar-refractivity contribution in [3.8, 4) is 0 Å². The van der Waals surface area contributed by atoms with E-state index in [9.17, 15) is 0 Å². The van der Waals surface area contributed by atoms with Crippen LogP contribution in [0.2, 0.25) is 0 Å². The molecule has 3 N–H and O–H groups in total. The number of nitrogens with zero attached hydrogens (tertiary/aromatic N) is 2. The van der Waals surface area contributed by atoms with Crippen molar-refractivity contribution in [2.75, 3.05) is 5.73 Å². The number of hydrogen-bond donors (Lipinski definition) is 2. The summed E-state index contributed by atoms with van der Waals surface area (Å²) in [5, 5.41) is 6.33. The lowest BCUT2D eigenvalue weighted by molar-refractivity contribution is 0.677. The zero-order chi connectivity index (χ0) is 10.5. The number of nitrogens with two attached hydrogens (primary N) is 1. The average molecular weight is 220 g/mol. The highest BCUT2D eigenvalue weighted by Gasteiger charge is 1.96. The number of aromatic nitrogens is 2. The van der Waals surface area contributed by atoms with Crippen LogP contribution in [-0.2, 0) is 13.1 Å². The average Bonchev–Trinajstić information content (AvgIpc) is 2.74. The van der Waals surface area contributed by atoms with Crippen LogP contribution < -0.4 is 11.1 Å². The fourth-order valence-electron chi connectivity index (χ4n) is 1.18. The van der Waals surface area contributed by atoms with Gasteiger partial charge in [-0.05, 0) is 12.1 Å². The van der Waals surface area contributed by atoms with E-state index in [1.807, 2.05) is 23.7 Å². The fraction of sp³-hybridized carbons (Fsp3) is 0.200. The van der Waals surface area contributed by atoms with Gasteiger partial charge in [-0.25, -0.2) is 4.98 Å². The Morgan fingerprint density at radius 3 is 2.87 bits per heavy atom. The monoisotopic (exact) mass is 220 g/mol. The highest BCUT2D eigenvalue weighted by atomic mass is 32.1. The van der Waals surface area contributed by atoms with Crippen LogP contribution in [0.25, 0.3) is 0 Å². The molecule has 2 rings (SSSR count). The van der Waals surface area contributed by atoms with Crippen molar-refractivity contribution in [1.29, 1.82) is 0 Å². The summed E-state index contributed by atoms with van der Waals surface area (Å²) in [7, 11) is 0. The van der Waals surface area contributed by atoms with Crippen LogP contribution in [-0.4, -0.2) is 9.97 Å². The van der Waals surface area contributed by atoms with Gasteiger partial charge in [0.1, 0.15) is 5.01 Å². The van der Waals surface area contributed by atoms with Gasteiger partial charge in [-0.15, -0.1) is 11.3 Å². The fourth-order valence-corrected chi connectivity index (χ4v) is 1.76. The molecule has 0 unspecified atom stereocenters. The Kier molecular flexibility index (Phi) is 3.26. The molecule has 0 spiro atoms. The molecular formula is C10H12N4S. The molecule has 2 aromatic heterocycles. The Balaban J connectivity index is 1.81. The van der Waals surface area contributed by atoms with E-state index >= 15 is 0 Å². The van der Waals surface area contributed by atoms with Gasteiger partial charge in [0, 0.05) is 24.7 Å². The van der Waals surface area contributed by atoms with Crippen LogP contribution in [0.1, 0.15) is 10.7 Å². The van der Waals surface area contributed by atoms with Gasteiger partial charge in [0.25, 0.3) is 0 Å². The highest BCUT2D eigenvalue weighted by molar-refractivity contribution is 7.09. The van der Waals surface area contributed by atoms with Gasteiger partial charge in [-0.3, -0.25) is 4.98 Å². The Morgan fingerprint density at radius 2 is 2.20 bits per heavy atom. The van der Waals surface area contributed by atoms with Crippen LogP contribution in [0.5, 0.6) is 0 Å². The number of nitrogens with one attached hydrogen (secondary N) is 1. The molecule has 0 bridgehead atoms. The summed E-state index contributed by atoms with van der Waals surface area (Å²) < 4.78 is 0. The molecule has 0 amide bonds. The SMILES string of the molecule is Nc1ccc(CNCc2nccs2)nc1. The van der Waals surface area contributed by atoms with E-state index in [1.54, 1.807) is 17.5 Å². The van der Waals surface area contributed by atoms with Gasteiger partial charge in [-0.1, -0.05) is 0 Å². The Hall–Kier alpha value is -1.46. The number of hydrogen-bond acceptors (Lipinski definition) is 5. The number of nitrogen functional groups attached to an aromatic ring is 1. The van der Waals surface area contributed by atoms with Crippen molar-refractivity contribution in [3.63, 3.8) is 0 Å². The molecule has 0 atom stereocenters. The summed E-state index contributed by atoms with van der Waals surface area (Å²) in [5.74, 6) is 0. The molecule has 0 aliphatic rings. The summed E-state index contributed by atoms with van der Waals surface area (Å²) in [5.41, 5.74) is 7.22. The van der Waals surface area contributed by atoms with Gasteiger partial charge >= 0.3 is 0 Å². The van der Waals surface area contributed by atoms with E-state index in [0.717, 1.165) is 23.8 Å². The molecule has 0 saturated carbocycles. The molecule has 15 heavy (non-hydrogen) atoms. The maximum absolute atomic E-state index is 5.54. The van der Waals surface area contributed by atoms with Crippen LogP contribution in [0.4, 0.5) is 5.69 Å². The largest absolute Gasteiger partial charge is 0.397 e. The standard InChI is InChI=1S/C10H12N4S/c11-8-1-2-9(14-5-8)6-12-7-10-13-3-4-15-10/h1-5,12H,6-7,11H2. The Bertz CT molecular complexity index is 396. The van der Waals surface area contributed by atoms with Gasteiger partial charge in [0.2, 0.25) is 0 Å². The Labute approximate surface area is 92.2 Å². The molecule has 0 radical (unpaired) electrons. The first-order valence-corrected chi connectivity index (χ1v) is 5.52. The van der Waals surface area contributed by atoms with E-state index in [4.69, 9.17) is 5.73 Å². The second kappa shape index (κ2) is 4.86. The van der Waals surface area contributed by atoms with Crippen LogP contribution >= 0.6 is 11.3 Å². The molecule has 0 fully saturated rings. The topological polar surface area (TPSA) is 63.8 Å². The number of rotatable bonds is 4. The van der Waals surface area contributed by atoms with E-state index in [2.05, 4.69) is 15.3 Å². The number of thiazole rings is 1. The lowest BCUT2D eigenvalue weighted by Crippen LogP contribution is -2.13. The van der Waals surface area contributed by atoms with Crippen LogP contribution in [0, 0.1) is 0 Å². The summed E-state index contributed by atoms with van der Waals surface area (Å²) in [4.78, 5) is 8.37. The third-order valence-corrected chi connectivity index (χ3v) is 2.69. The molecule has 78 valence electrons. The van der Waals surface area contributed by atoms with Gasteiger partial charge in [-0.2, -0.15) is 0 Å². The maximum Gasteiger partial charge on any atom is 0.106 e. The maximum atomic E-state index is 5.54. The van der Waals surface area contributed by atoms with Crippen molar-refractivity contribution < 1.29 is 0 Å². The summed E-state index contributed by atoms with van der Waals surface area (Å²) in [6.45, 7) is 1.52. The first-order chi connectivity index (χ1) is 7.34. The Morgan fingerprint density at radius 1 is 1.27 bits per heavy atom. The molecule has 0 aliphatic heterocycles. The van der Waals surface area contributed by atoms with Gasteiger partial charge in [0.05, 0.1) is 17.6 Å². The summed E-state index contributed by atoms with van der Waals surface area (Å²) >= 11 is 1.65. The number of anilines is 1. The van der Waals surface area contributed by atoms with Crippen LogP contribution in [0.3, 0.4) is 0 Å². The first-order valence-electron chi connectivity index (χ1n) is 4.64. The molecule has 0 aromatic carbocycles. The number of pyridine rings is 1. The van der Waals surface area contributed by atoms with Gasteiger partial charge < -0.3 is 11.1 Å². The minimum atomic E-state index is 0.693. The van der Waals surface area contributed by atoms with E-state index < -0.39 is 0 Å². The summed E-state index contributed by atoms with van der Waals surface area (Å²) in [6, 6.07) is 3.78. The van der Waals surface area contributed by atoms with Crippen molar-refractivity contribution in [1.82, 2.24) is 15.3 Å². The predicted molar refractivity (Wildman–Crippen MR) is 61.3 cm³/mol. The lowest BCUT2D eigenvalue weighted by atomic mass is 10.3. The zero-order valence-electron chi connectivity index (χ0n) is 8.18. The third kappa shape index (κ3) is 3.00. The molecule has 0 aliphatic carbocycles. The third-order valence-electron chi connectivity index (χ3n) is 1.91. The minimum Gasteiger partial charge on any atom is -0.397 e. The van der Waals surface area contributed by atoms with E-state index in [0.29, 0.717) is 5.69 Å². The van der Waals surface area contributed by atoms with Crippen LogP contribution in [0.15, 0.2) is 29.9 Å². The molecular weight excluding hydrogens is 208 g/mol. The molecule has 2 heterocycles. The first kappa shape index (κ1) is 10.1. The zero-order valence-corrected chi connectivity index (χ0v) is 9.00. The van der Waals surface area contributed by atoms with E-state index in [-0.39, 0.29) is 0 Å².